The molecule has 33 heavy (non-hydrogen) atoms. The summed E-state index contributed by atoms with van der Waals surface area (Å²) in [6, 6.07) is 20.9. The number of likely N-dealkylation sites (N-methyl/N-ethyl adjacent to an activating group) is 2. The predicted octanol–water partition coefficient (Wildman–Crippen LogP) is 0.0641. The average molecular weight is 682 g/mol. The van der Waals surface area contributed by atoms with E-state index in [2.05, 4.69) is 48.2 Å². The molecule has 2 fully saturated rings. The van der Waals surface area contributed by atoms with Gasteiger partial charge in [0.15, 0.2) is 0 Å². The molecule has 4 atom stereocenters. The minimum absolute atomic E-state index is 0. The van der Waals surface area contributed by atoms with E-state index in [9.17, 15) is 10.2 Å². The summed E-state index contributed by atoms with van der Waals surface area (Å²) in [7, 11) is 5.17. The Morgan fingerprint density at radius 1 is 0.667 bits per heavy atom. The Morgan fingerprint density at radius 3 is 1.24 bits per heavy atom. The summed E-state index contributed by atoms with van der Waals surface area (Å²) < 4.78 is 0. The summed E-state index contributed by atoms with van der Waals surface area (Å²) in [6.45, 7) is 2.16. The Bertz CT molecular complexity index is 633. The maximum Gasteiger partial charge on any atom is 1.00 e. The van der Waals surface area contributed by atoms with Crippen LogP contribution in [0.1, 0.15) is 48.9 Å². The first-order valence-electron chi connectivity index (χ1n) is 10.9. The van der Waals surface area contributed by atoms with Crippen LogP contribution in [0.2, 0.25) is 0 Å². The Labute approximate surface area is 257 Å². The van der Waals surface area contributed by atoms with Crippen molar-refractivity contribution in [3.8, 4) is 0 Å². The van der Waals surface area contributed by atoms with Gasteiger partial charge in [0.05, 0.1) is 24.3 Å². The predicted molar refractivity (Wildman–Crippen MR) is 124 cm³/mol. The molecule has 0 aliphatic carbocycles. The Kier molecular flexibility index (Phi) is 21.5. The molecule has 0 amide bonds. The van der Waals surface area contributed by atoms with Crippen LogP contribution in [0.15, 0.2) is 60.7 Å². The van der Waals surface area contributed by atoms with Crippen LogP contribution < -0.4 is 29.6 Å². The van der Waals surface area contributed by atoms with Gasteiger partial charge in [0.2, 0.25) is 0 Å². The number of aliphatic hydroxyl groups excluding tert-OH is 3. The van der Waals surface area contributed by atoms with Gasteiger partial charge in [0, 0.05) is 51.2 Å². The zero-order valence-electron chi connectivity index (χ0n) is 20.6. The molecule has 2 aliphatic heterocycles. The van der Waals surface area contributed by atoms with Crippen molar-refractivity contribution in [2.24, 2.45) is 0 Å². The van der Waals surface area contributed by atoms with Gasteiger partial charge in [-0.05, 0) is 64.0 Å². The van der Waals surface area contributed by atoms with Crippen molar-refractivity contribution in [2.45, 2.75) is 50.0 Å². The first-order valence-corrected chi connectivity index (χ1v) is 10.9. The monoisotopic (exact) mass is 681 g/mol. The van der Waals surface area contributed by atoms with E-state index in [-0.39, 0.29) is 103 Å². The first-order chi connectivity index (χ1) is 14.6. The topological polar surface area (TPSA) is 97.2 Å². The summed E-state index contributed by atoms with van der Waals surface area (Å²) in [5.41, 5.74) is 2.45. The maximum atomic E-state index is 9.95. The molecule has 8 heteroatoms. The number of benzene rings is 2. The molecule has 2 saturated heterocycles. The van der Waals surface area contributed by atoms with Crippen molar-refractivity contribution in [2.75, 3.05) is 34.3 Å². The zero-order chi connectivity index (χ0) is 21.9. The largest absolute Gasteiger partial charge is 1.00 e. The quantitative estimate of drug-likeness (QED) is 0.389. The van der Waals surface area contributed by atoms with Gasteiger partial charge in [-0.25, -0.2) is 0 Å². The Morgan fingerprint density at radius 2 is 0.970 bits per heavy atom. The Balaban J connectivity index is 0. The number of rotatable bonds is 2. The number of nitrogens with zero attached hydrogens (tertiary/aromatic N) is 2. The fourth-order valence-electron chi connectivity index (χ4n) is 4.53. The Hall–Kier alpha value is 0.642. The van der Waals surface area contributed by atoms with E-state index in [4.69, 9.17) is 5.11 Å². The van der Waals surface area contributed by atoms with Gasteiger partial charge in [-0.15, -0.1) is 0 Å². The zero-order valence-corrected chi connectivity index (χ0v) is 27.3. The molecule has 4 rings (SSSR count). The van der Waals surface area contributed by atoms with Crippen LogP contribution in [0.3, 0.4) is 0 Å². The number of hydrogen-bond acceptors (Lipinski definition) is 6. The SMILES string of the molecule is CN1CCCC(O)C1c1ccccc1.CN1CCCC(O)C1c1ccccc1.CO.[Ac].[Na+].[OH-]. The van der Waals surface area contributed by atoms with Gasteiger partial charge in [-0.2, -0.15) is 0 Å². The standard InChI is InChI=1S/2C12H17NO.CH4O.Ac.Na.H2O/c2*1-13-9-5-8-11(14)12(13)10-6-3-2-4-7-10;1-2;;;/h2*2-4,6-7,11-12,14H,5,8-9H2,1H3;2H,1H3;;;1H2/q;;;;+1;/p-1. The third-order valence-electron chi connectivity index (χ3n) is 5.98. The van der Waals surface area contributed by atoms with E-state index < -0.39 is 0 Å². The summed E-state index contributed by atoms with van der Waals surface area (Å²) in [6.07, 6.45) is 3.61. The van der Waals surface area contributed by atoms with Crippen LogP contribution in [0.4, 0.5) is 0 Å². The molecule has 2 aromatic carbocycles. The van der Waals surface area contributed by atoms with Crippen molar-refractivity contribution < 1.29 is 94.4 Å². The maximum absolute atomic E-state index is 9.95. The van der Waals surface area contributed by atoms with E-state index in [1.54, 1.807) is 0 Å². The normalized spacial score (nSPS) is 24.8. The fraction of sp³-hybridized carbons (Fsp3) is 0.520. The molecule has 0 saturated carbocycles. The molecule has 2 heterocycles. The van der Waals surface area contributed by atoms with Gasteiger partial charge in [-0.1, -0.05) is 60.7 Å². The minimum Gasteiger partial charge on any atom is -0.870 e. The summed E-state index contributed by atoms with van der Waals surface area (Å²) in [5, 5.41) is 26.9. The molecule has 0 spiro atoms. The average Bonchev–Trinajstić information content (AvgIpc) is 2.77. The van der Waals surface area contributed by atoms with Crippen LogP contribution in [0.25, 0.3) is 0 Å². The van der Waals surface area contributed by atoms with Crippen LogP contribution in [0.5, 0.6) is 0 Å². The van der Waals surface area contributed by atoms with Gasteiger partial charge in [0.1, 0.15) is 0 Å². The molecular weight excluding hydrogens is 642 g/mol. The summed E-state index contributed by atoms with van der Waals surface area (Å²) in [4.78, 5) is 4.48. The van der Waals surface area contributed by atoms with Gasteiger partial charge in [-0.3, -0.25) is 9.80 Å². The van der Waals surface area contributed by atoms with E-state index in [0.29, 0.717) is 0 Å². The van der Waals surface area contributed by atoms with E-state index in [0.717, 1.165) is 45.9 Å². The van der Waals surface area contributed by atoms with Gasteiger partial charge in [0.25, 0.3) is 0 Å². The van der Waals surface area contributed by atoms with Crippen molar-refractivity contribution in [3.05, 3.63) is 71.8 Å². The first kappa shape index (κ1) is 35.8. The van der Waals surface area contributed by atoms with Gasteiger partial charge < -0.3 is 20.8 Å². The number of hydrogen-bond donors (Lipinski definition) is 3. The van der Waals surface area contributed by atoms with Crippen molar-refractivity contribution in [1.82, 2.24) is 9.80 Å². The number of piperidine rings is 2. The van der Waals surface area contributed by atoms with Crippen molar-refractivity contribution in [3.63, 3.8) is 0 Å². The molecule has 2 aliphatic rings. The minimum atomic E-state index is -0.212. The van der Waals surface area contributed by atoms with E-state index in [1.807, 2.05) is 36.4 Å². The van der Waals surface area contributed by atoms with E-state index >= 15 is 0 Å². The van der Waals surface area contributed by atoms with Crippen LogP contribution >= 0.6 is 0 Å². The smallest absolute Gasteiger partial charge is 0.870 e. The molecular formula is C25H39AcN2NaO4. The third kappa shape index (κ3) is 11.1. The summed E-state index contributed by atoms with van der Waals surface area (Å²) >= 11 is 0. The molecule has 177 valence electrons. The molecule has 0 aromatic heterocycles. The van der Waals surface area contributed by atoms with Crippen LogP contribution in [-0.4, -0.2) is 77.1 Å². The molecule has 4 N–H and O–H groups in total. The van der Waals surface area contributed by atoms with Gasteiger partial charge >= 0.3 is 29.6 Å². The van der Waals surface area contributed by atoms with Crippen LogP contribution in [-0.2, 0) is 0 Å². The second-order valence-corrected chi connectivity index (χ2v) is 8.09. The molecule has 4 unspecified atom stereocenters. The second-order valence-electron chi connectivity index (χ2n) is 8.09. The second kappa shape index (κ2) is 19.8. The third-order valence-corrected chi connectivity index (χ3v) is 5.98. The van der Waals surface area contributed by atoms with Crippen molar-refractivity contribution in [1.29, 1.82) is 0 Å². The molecule has 1 radical (unpaired) electrons. The van der Waals surface area contributed by atoms with E-state index in [1.165, 1.54) is 11.1 Å². The fourth-order valence-corrected chi connectivity index (χ4v) is 4.53. The summed E-state index contributed by atoms with van der Waals surface area (Å²) in [5.74, 6) is 0. The molecule has 6 nitrogen and oxygen atoms in total. The number of likely N-dealkylation sites (tertiary alicyclic amines) is 2. The molecule has 0 bridgehead atoms. The number of aliphatic hydroxyl groups is 3. The van der Waals surface area contributed by atoms with Crippen molar-refractivity contribution >= 4 is 0 Å². The molecule has 2 aromatic rings. The van der Waals surface area contributed by atoms with Crippen LogP contribution in [0, 0.1) is 44.1 Å².